The summed E-state index contributed by atoms with van der Waals surface area (Å²) >= 11 is 0. The molecule has 0 saturated heterocycles. The summed E-state index contributed by atoms with van der Waals surface area (Å²) in [6.07, 6.45) is 0. The number of aryl methyl sites for hydroxylation is 1. The second kappa shape index (κ2) is 11.1. The number of benzene rings is 3. The molecule has 0 aromatic heterocycles. The summed E-state index contributed by atoms with van der Waals surface area (Å²) in [6.45, 7) is 9.27. The van der Waals surface area contributed by atoms with Crippen molar-refractivity contribution in [2.75, 3.05) is 17.8 Å². The summed E-state index contributed by atoms with van der Waals surface area (Å²) in [5.74, 6) is -0.247. The number of nitrogens with zero attached hydrogens (tertiary/aromatic N) is 1. The molecule has 0 aliphatic carbocycles. The average molecular weight is 466 g/mol. The summed E-state index contributed by atoms with van der Waals surface area (Å²) in [6, 6.07) is 21.2. The zero-order valence-corrected chi connectivity index (χ0v) is 20.2. The molecule has 0 unspecified atom stereocenters. The maximum Gasteiger partial charge on any atom is 0.261 e. The molecule has 0 atom stereocenters. The van der Waals surface area contributed by atoms with Gasteiger partial charge in [0.2, 0.25) is 0 Å². The minimum Gasteiger partial charge on any atom is -0.348 e. The van der Waals surface area contributed by atoms with E-state index in [1.807, 2.05) is 37.3 Å². The Balaban J connectivity index is 1.66. The molecule has 0 saturated carbocycles. The molecule has 174 valence electrons. The van der Waals surface area contributed by atoms with Crippen LogP contribution in [-0.4, -0.2) is 32.3 Å². The Morgan fingerprint density at radius 3 is 2.09 bits per heavy atom. The molecule has 0 spiro atoms. The first-order chi connectivity index (χ1) is 15.8. The zero-order valence-electron chi connectivity index (χ0n) is 19.3. The summed E-state index contributed by atoms with van der Waals surface area (Å²) < 4.78 is 28.0. The molecule has 3 aromatic carbocycles. The van der Waals surface area contributed by atoms with Gasteiger partial charge in [-0.1, -0.05) is 56.3 Å². The van der Waals surface area contributed by atoms with Crippen LogP contribution in [0.2, 0.25) is 0 Å². The first-order valence-electron chi connectivity index (χ1n) is 11.1. The van der Waals surface area contributed by atoms with E-state index in [2.05, 4.69) is 34.9 Å². The predicted octanol–water partition coefficient (Wildman–Crippen LogP) is 4.57. The van der Waals surface area contributed by atoms with Gasteiger partial charge in [0, 0.05) is 18.7 Å². The molecule has 0 aliphatic rings. The topological polar surface area (TPSA) is 78.5 Å². The van der Waals surface area contributed by atoms with Crippen LogP contribution in [0.4, 0.5) is 5.69 Å². The van der Waals surface area contributed by atoms with Crippen LogP contribution in [-0.2, 0) is 23.1 Å². The fourth-order valence-corrected chi connectivity index (χ4v) is 4.66. The molecule has 0 heterocycles. The van der Waals surface area contributed by atoms with Crippen molar-refractivity contribution in [2.45, 2.75) is 38.8 Å². The molecule has 1 amide bonds. The van der Waals surface area contributed by atoms with E-state index in [1.54, 1.807) is 12.1 Å². The molecule has 7 heteroatoms. The fourth-order valence-electron chi connectivity index (χ4n) is 3.53. The molecule has 33 heavy (non-hydrogen) atoms. The Morgan fingerprint density at radius 1 is 0.848 bits per heavy atom. The van der Waals surface area contributed by atoms with Crippen molar-refractivity contribution in [1.29, 1.82) is 0 Å². The normalized spacial score (nSPS) is 11.4. The second-order valence-electron chi connectivity index (χ2n) is 7.86. The average Bonchev–Trinajstić information content (AvgIpc) is 2.83. The Hall–Kier alpha value is -3.16. The zero-order chi connectivity index (χ0) is 23.8. The summed E-state index contributed by atoms with van der Waals surface area (Å²) in [4.78, 5) is 15.1. The second-order valence-corrected chi connectivity index (χ2v) is 9.54. The van der Waals surface area contributed by atoms with Crippen LogP contribution < -0.4 is 10.0 Å². The van der Waals surface area contributed by atoms with Gasteiger partial charge in [-0.2, -0.15) is 0 Å². The molecule has 3 rings (SSSR count). The van der Waals surface area contributed by atoms with Gasteiger partial charge in [-0.15, -0.1) is 0 Å². The minimum atomic E-state index is -3.74. The van der Waals surface area contributed by atoms with E-state index in [1.165, 1.54) is 29.8 Å². The molecule has 3 aromatic rings. The summed E-state index contributed by atoms with van der Waals surface area (Å²) in [7, 11) is -3.74. The lowest BCUT2D eigenvalue weighted by Crippen LogP contribution is -2.26. The van der Waals surface area contributed by atoms with Gasteiger partial charge in [-0.3, -0.25) is 14.4 Å². The highest BCUT2D eigenvalue weighted by molar-refractivity contribution is 7.92. The van der Waals surface area contributed by atoms with Gasteiger partial charge in [0.1, 0.15) is 0 Å². The Morgan fingerprint density at radius 2 is 1.45 bits per heavy atom. The molecular weight excluding hydrogens is 434 g/mol. The molecule has 0 bridgehead atoms. The molecule has 6 nitrogen and oxygen atoms in total. The van der Waals surface area contributed by atoms with Gasteiger partial charge >= 0.3 is 0 Å². The maximum absolute atomic E-state index is 12.7. The number of nitrogens with one attached hydrogen (secondary N) is 2. The van der Waals surface area contributed by atoms with E-state index in [0.29, 0.717) is 17.8 Å². The SMILES string of the molecule is CCN(CC)Cc1ccccc1CNC(=O)c1ccc(S(=O)(=O)Nc2ccccc2C)cc1. The highest BCUT2D eigenvalue weighted by atomic mass is 32.2. The van der Waals surface area contributed by atoms with Gasteiger partial charge in [-0.05, 0) is 67.0 Å². The lowest BCUT2D eigenvalue weighted by molar-refractivity contribution is 0.0950. The van der Waals surface area contributed by atoms with E-state index >= 15 is 0 Å². The van der Waals surface area contributed by atoms with Crippen molar-refractivity contribution in [3.63, 3.8) is 0 Å². The van der Waals surface area contributed by atoms with Crippen LogP contribution in [0, 0.1) is 6.92 Å². The molecular formula is C26H31N3O3S. The smallest absolute Gasteiger partial charge is 0.261 e. The summed E-state index contributed by atoms with van der Waals surface area (Å²) in [5.41, 5.74) is 4.02. The Kier molecular flexibility index (Phi) is 8.25. The standard InChI is InChI=1S/C26H31N3O3S/c1-4-29(5-2)19-23-12-8-7-11-22(23)18-27-26(30)21-14-16-24(17-15-21)33(31,32)28-25-13-9-6-10-20(25)3/h6-17,28H,4-5,18-19H2,1-3H3,(H,27,30). The van der Waals surface area contributed by atoms with Crippen LogP contribution >= 0.6 is 0 Å². The quantitative estimate of drug-likeness (QED) is 0.460. The van der Waals surface area contributed by atoms with Gasteiger partial charge in [-0.25, -0.2) is 8.42 Å². The van der Waals surface area contributed by atoms with Crippen molar-refractivity contribution in [3.05, 3.63) is 95.1 Å². The van der Waals surface area contributed by atoms with E-state index in [0.717, 1.165) is 30.8 Å². The number of carbonyl (C=O) groups excluding carboxylic acids is 1. The van der Waals surface area contributed by atoms with Gasteiger partial charge in [0.25, 0.3) is 15.9 Å². The van der Waals surface area contributed by atoms with Crippen molar-refractivity contribution in [2.24, 2.45) is 0 Å². The van der Waals surface area contributed by atoms with E-state index in [-0.39, 0.29) is 10.8 Å². The highest BCUT2D eigenvalue weighted by Gasteiger charge is 2.16. The number of carbonyl (C=O) groups is 1. The van der Waals surface area contributed by atoms with Crippen LogP contribution in [0.5, 0.6) is 0 Å². The molecule has 0 fully saturated rings. The van der Waals surface area contributed by atoms with Gasteiger partial charge in [0.15, 0.2) is 0 Å². The number of amides is 1. The Bertz CT molecular complexity index is 1190. The lowest BCUT2D eigenvalue weighted by Gasteiger charge is -2.20. The summed E-state index contributed by atoms with van der Waals surface area (Å²) in [5, 5.41) is 2.95. The maximum atomic E-state index is 12.7. The third kappa shape index (κ3) is 6.43. The minimum absolute atomic E-state index is 0.104. The molecule has 0 aliphatic heterocycles. The third-order valence-corrected chi connectivity index (χ3v) is 7.04. The number of rotatable bonds is 10. The predicted molar refractivity (Wildman–Crippen MR) is 133 cm³/mol. The van der Waals surface area contributed by atoms with E-state index in [4.69, 9.17) is 0 Å². The van der Waals surface area contributed by atoms with Crippen LogP contribution in [0.25, 0.3) is 0 Å². The number of anilines is 1. The van der Waals surface area contributed by atoms with Crippen molar-refractivity contribution < 1.29 is 13.2 Å². The number of hydrogen-bond acceptors (Lipinski definition) is 4. The van der Waals surface area contributed by atoms with Crippen LogP contribution in [0.1, 0.15) is 40.9 Å². The van der Waals surface area contributed by atoms with Crippen LogP contribution in [0.3, 0.4) is 0 Å². The number of sulfonamides is 1. The third-order valence-electron chi connectivity index (χ3n) is 5.66. The lowest BCUT2D eigenvalue weighted by atomic mass is 10.1. The number of para-hydroxylation sites is 1. The van der Waals surface area contributed by atoms with Crippen LogP contribution in [0.15, 0.2) is 77.7 Å². The fraction of sp³-hybridized carbons (Fsp3) is 0.269. The first kappa shape index (κ1) is 24.5. The van der Waals surface area contributed by atoms with Gasteiger partial charge in [0.05, 0.1) is 10.6 Å². The molecule has 0 radical (unpaired) electrons. The highest BCUT2D eigenvalue weighted by Crippen LogP contribution is 2.20. The molecule has 2 N–H and O–H groups in total. The number of hydrogen-bond donors (Lipinski definition) is 2. The largest absolute Gasteiger partial charge is 0.348 e. The first-order valence-corrected chi connectivity index (χ1v) is 12.6. The van der Waals surface area contributed by atoms with E-state index < -0.39 is 10.0 Å². The van der Waals surface area contributed by atoms with Crippen molar-refractivity contribution in [3.8, 4) is 0 Å². The monoisotopic (exact) mass is 465 g/mol. The van der Waals surface area contributed by atoms with Crippen molar-refractivity contribution in [1.82, 2.24) is 10.2 Å². The Labute approximate surface area is 196 Å². The van der Waals surface area contributed by atoms with Gasteiger partial charge < -0.3 is 5.32 Å². The van der Waals surface area contributed by atoms with Crippen molar-refractivity contribution >= 4 is 21.6 Å². The van der Waals surface area contributed by atoms with E-state index in [9.17, 15) is 13.2 Å².